The second-order valence-electron chi connectivity index (χ2n) is 8.68. The number of nitrogens with zero attached hydrogens (tertiary/aromatic N) is 4. The second-order valence-corrected chi connectivity index (χ2v) is 8.68. The summed E-state index contributed by atoms with van der Waals surface area (Å²) in [4.78, 5) is 46.2. The van der Waals surface area contributed by atoms with Crippen molar-refractivity contribution in [2.24, 2.45) is 11.8 Å². The fraction of sp³-hybridized carbons (Fsp3) is 0.545. The van der Waals surface area contributed by atoms with E-state index < -0.39 is 0 Å². The Balaban J connectivity index is 1.26. The Labute approximate surface area is 169 Å². The maximum absolute atomic E-state index is 12.9. The van der Waals surface area contributed by atoms with Gasteiger partial charge in [-0.1, -0.05) is 12.1 Å². The molecule has 4 heterocycles. The standard InChI is InChI=1S/C22H26N4O3/c27-20(8-9-24-14-23-18-5-2-1-4-17(18)22(24)29)25-11-15-10-16(13-25)19-6-3-7-21(28)26(19)12-15/h1-2,4-5,14-16,19H,3,6-13H2/t15-,16+,19-/m1/s1. The molecule has 2 aromatic rings. The summed E-state index contributed by atoms with van der Waals surface area (Å²) in [7, 11) is 0. The number of fused-ring (bicyclic) bond motifs is 5. The molecule has 0 aliphatic carbocycles. The van der Waals surface area contributed by atoms with Crippen molar-refractivity contribution in [3.8, 4) is 0 Å². The van der Waals surface area contributed by atoms with Gasteiger partial charge in [0.25, 0.3) is 5.56 Å². The molecular formula is C22H26N4O3. The molecule has 3 aliphatic rings. The van der Waals surface area contributed by atoms with Gasteiger partial charge < -0.3 is 9.80 Å². The number of amides is 2. The highest BCUT2D eigenvalue weighted by Crippen LogP contribution is 2.38. The van der Waals surface area contributed by atoms with E-state index >= 15 is 0 Å². The number of piperidine rings is 3. The first kappa shape index (κ1) is 18.3. The Kier molecular flexibility index (Phi) is 4.60. The Bertz CT molecular complexity index is 1020. The van der Waals surface area contributed by atoms with Crippen LogP contribution >= 0.6 is 0 Å². The second kappa shape index (κ2) is 7.28. The minimum Gasteiger partial charge on any atom is -0.342 e. The Morgan fingerprint density at radius 2 is 2.00 bits per heavy atom. The summed E-state index contributed by atoms with van der Waals surface area (Å²) < 4.78 is 1.53. The molecule has 29 heavy (non-hydrogen) atoms. The first-order chi connectivity index (χ1) is 14.1. The maximum Gasteiger partial charge on any atom is 0.261 e. The Hall–Kier alpha value is -2.70. The lowest BCUT2D eigenvalue weighted by Gasteiger charge is -2.52. The molecule has 1 aromatic carbocycles. The van der Waals surface area contributed by atoms with Crippen LogP contribution in [0.1, 0.15) is 32.1 Å². The van der Waals surface area contributed by atoms with Gasteiger partial charge in [0.1, 0.15) is 0 Å². The predicted octanol–water partition coefficient (Wildman–Crippen LogP) is 1.65. The number of hydrogen-bond acceptors (Lipinski definition) is 4. The van der Waals surface area contributed by atoms with Crippen molar-refractivity contribution in [2.75, 3.05) is 19.6 Å². The smallest absolute Gasteiger partial charge is 0.261 e. The largest absolute Gasteiger partial charge is 0.342 e. The van der Waals surface area contributed by atoms with Gasteiger partial charge in [-0.2, -0.15) is 0 Å². The summed E-state index contributed by atoms with van der Waals surface area (Å²) in [6.07, 6.45) is 5.65. The van der Waals surface area contributed by atoms with Crippen molar-refractivity contribution in [3.63, 3.8) is 0 Å². The molecule has 3 atom stereocenters. The highest BCUT2D eigenvalue weighted by atomic mass is 16.2. The number of aromatic nitrogens is 2. The van der Waals surface area contributed by atoms with Crippen molar-refractivity contribution in [3.05, 3.63) is 40.9 Å². The lowest BCUT2D eigenvalue weighted by atomic mass is 9.76. The van der Waals surface area contributed by atoms with Crippen molar-refractivity contribution >= 4 is 22.7 Å². The zero-order valence-electron chi connectivity index (χ0n) is 16.5. The van der Waals surface area contributed by atoms with Crippen molar-refractivity contribution < 1.29 is 9.59 Å². The van der Waals surface area contributed by atoms with E-state index in [1.54, 1.807) is 6.07 Å². The fourth-order valence-electron chi connectivity index (χ4n) is 5.45. The van der Waals surface area contributed by atoms with Crippen LogP contribution in [0.5, 0.6) is 0 Å². The van der Waals surface area contributed by atoms with E-state index in [-0.39, 0.29) is 11.5 Å². The zero-order valence-corrected chi connectivity index (χ0v) is 16.5. The number of likely N-dealkylation sites (tertiary alicyclic amines) is 1. The van der Waals surface area contributed by atoms with Crippen LogP contribution in [0.25, 0.3) is 10.9 Å². The van der Waals surface area contributed by atoms with Gasteiger partial charge in [0.2, 0.25) is 11.8 Å². The first-order valence-corrected chi connectivity index (χ1v) is 10.6. The summed E-state index contributed by atoms with van der Waals surface area (Å²) in [6, 6.07) is 7.57. The predicted molar refractivity (Wildman–Crippen MR) is 108 cm³/mol. The molecule has 7 heteroatoms. The zero-order chi connectivity index (χ0) is 20.0. The number of aryl methyl sites for hydroxylation is 1. The van der Waals surface area contributed by atoms with E-state index in [4.69, 9.17) is 0 Å². The minimum absolute atomic E-state index is 0.0929. The van der Waals surface area contributed by atoms with Gasteiger partial charge >= 0.3 is 0 Å². The van der Waals surface area contributed by atoms with Gasteiger partial charge in [-0.3, -0.25) is 19.0 Å². The summed E-state index contributed by atoms with van der Waals surface area (Å²) in [5, 5.41) is 0.581. The third-order valence-corrected chi connectivity index (χ3v) is 6.83. The molecule has 7 nitrogen and oxygen atoms in total. The van der Waals surface area contributed by atoms with Crippen LogP contribution in [0.2, 0.25) is 0 Å². The first-order valence-electron chi connectivity index (χ1n) is 10.6. The highest BCUT2D eigenvalue weighted by Gasteiger charge is 2.44. The van der Waals surface area contributed by atoms with E-state index in [0.717, 1.165) is 38.9 Å². The van der Waals surface area contributed by atoms with Crippen molar-refractivity contribution in [1.82, 2.24) is 19.4 Å². The van der Waals surface area contributed by atoms with Crippen LogP contribution in [0.3, 0.4) is 0 Å². The van der Waals surface area contributed by atoms with Gasteiger partial charge in [-0.15, -0.1) is 0 Å². The molecule has 0 radical (unpaired) electrons. The van der Waals surface area contributed by atoms with Crippen LogP contribution in [0.4, 0.5) is 0 Å². The lowest BCUT2D eigenvalue weighted by Crippen LogP contribution is -2.61. The molecule has 1 aromatic heterocycles. The van der Waals surface area contributed by atoms with Gasteiger partial charge in [0.15, 0.2) is 0 Å². The molecule has 5 rings (SSSR count). The van der Waals surface area contributed by atoms with Crippen LogP contribution in [-0.2, 0) is 16.1 Å². The molecule has 0 saturated carbocycles. The third-order valence-electron chi connectivity index (χ3n) is 6.83. The van der Waals surface area contributed by atoms with E-state index in [2.05, 4.69) is 9.88 Å². The summed E-state index contributed by atoms with van der Waals surface area (Å²) in [6.45, 7) is 2.58. The van der Waals surface area contributed by atoms with Crippen LogP contribution < -0.4 is 5.56 Å². The number of carbonyl (C=O) groups is 2. The van der Waals surface area contributed by atoms with E-state index in [1.165, 1.54) is 10.9 Å². The molecular weight excluding hydrogens is 368 g/mol. The van der Waals surface area contributed by atoms with Gasteiger partial charge in [-0.25, -0.2) is 4.98 Å². The molecule has 3 fully saturated rings. The van der Waals surface area contributed by atoms with E-state index in [9.17, 15) is 14.4 Å². The molecule has 0 N–H and O–H groups in total. The molecule has 0 spiro atoms. The third kappa shape index (κ3) is 3.32. The maximum atomic E-state index is 12.9. The number of hydrogen-bond donors (Lipinski definition) is 0. The molecule has 152 valence electrons. The van der Waals surface area contributed by atoms with Crippen molar-refractivity contribution in [2.45, 2.75) is 44.7 Å². The molecule has 3 saturated heterocycles. The average molecular weight is 394 g/mol. The van der Waals surface area contributed by atoms with Crippen LogP contribution in [0, 0.1) is 11.8 Å². The number of rotatable bonds is 3. The summed E-state index contributed by atoms with van der Waals surface area (Å²) in [5.41, 5.74) is 0.575. The molecule has 2 bridgehead atoms. The Morgan fingerprint density at radius 3 is 2.90 bits per heavy atom. The highest BCUT2D eigenvalue weighted by molar-refractivity contribution is 5.79. The molecule has 0 unspecified atom stereocenters. The number of carbonyl (C=O) groups excluding carboxylic acids is 2. The van der Waals surface area contributed by atoms with Gasteiger partial charge in [0, 0.05) is 45.1 Å². The van der Waals surface area contributed by atoms with Crippen molar-refractivity contribution in [1.29, 1.82) is 0 Å². The molecule has 2 amide bonds. The van der Waals surface area contributed by atoms with Crippen LogP contribution in [-0.4, -0.2) is 56.8 Å². The van der Waals surface area contributed by atoms with Gasteiger partial charge in [-0.05, 0) is 43.2 Å². The fourth-order valence-corrected chi connectivity index (χ4v) is 5.45. The lowest BCUT2D eigenvalue weighted by molar-refractivity contribution is -0.148. The average Bonchev–Trinajstić information content (AvgIpc) is 2.74. The molecule has 3 aliphatic heterocycles. The van der Waals surface area contributed by atoms with E-state index in [1.807, 2.05) is 23.1 Å². The monoisotopic (exact) mass is 394 g/mol. The minimum atomic E-state index is -0.102. The number of para-hydroxylation sites is 1. The normalized spacial score (nSPS) is 26.5. The van der Waals surface area contributed by atoms with Crippen LogP contribution in [0.15, 0.2) is 35.4 Å². The van der Waals surface area contributed by atoms with Gasteiger partial charge in [0.05, 0.1) is 17.2 Å². The SMILES string of the molecule is O=C(CCn1cnc2ccccc2c1=O)N1C[C@H]2C[C@@H](C1)[C@H]1CCCC(=O)N1C2. The quantitative estimate of drug-likeness (QED) is 0.793. The number of benzene rings is 1. The summed E-state index contributed by atoms with van der Waals surface area (Å²) in [5.74, 6) is 1.15. The Morgan fingerprint density at radius 1 is 1.14 bits per heavy atom. The van der Waals surface area contributed by atoms with E-state index in [0.29, 0.717) is 54.1 Å². The topological polar surface area (TPSA) is 75.5 Å². The summed E-state index contributed by atoms with van der Waals surface area (Å²) >= 11 is 0.